The van der Waals surface area contributed by atoms with Crippen molar-refractivity contribution >= 4 is 35.1 Å². The molecule has 2 heterocycles. The zero-order valence-corrected chi connectivity index (χ0v) is 24.9. The predicted octanol–water partition coefficient (Wildman–Crippen LogP) is 5.95. The maximum Gasteiger partial charge on any atom is 0.308 e. The lowest BCUT2D eigenvalue weighted by molar-refractivity contribution is -0.131. The summed E-state index contributed by atoms with van der Waals surface area (Å²) in [6, 6.07) is 24.1. The number of methoxy groups -OCH3 is 2. The maximum absolute atomic E-state index is 14.9. The van der Waals surface area contributed by atoms with Crippen molar-refractivity contribution < 1.29 is 33.4 Å². The van der Waals surface area contributed by atoms with Crippen LogP contribution >= 0.6 is 0 Å². The molecule has 7 rings (SSSR count). The Labute approximate surface area is 259 Å². The molecule has 8 heteroatoms. The van der Waals surface area contributed by atoms with Crippen molar-refractivity contribution in [2.45, 2.75) is 24.9 Å². The number of para-hydroxylation sites is 1. The Morgan fingerprint density at radius 1 is 0.778 bits per heavy atom. The summed E-state index contributed by atoms with van der Waals surface area (Å²) in [7, 11) is 3.04. The second-order valence-corrected chi connectivity index (χ2v) is 11.3. The van der Waals surface area contributed by atoms with Crippen molar-refractivity contribution in [3.05, 3.63) is 125 Å². The number of esters is 1. The monoisotopic (exact) mass is 599 g/mol. The summed E-state index contributed by atoms with van der Waals surface area (Å²) in [4.78, 5) is 58.9. The molecule has 3 aliphatic rings. The van der Waals surface area contributed by atoms with E-state index in [1.807, 2.05) is 29.2 Å². The normalized spacial score (nSPS) is 20.4. The minimum Gasteiger partial charge on any atom is -0.497 e. The molecule has 3 atom stereocenters. The van der Waals surface area contributed by atoms with Gasteiger partial charge in [0.15, 0.2) is 23.1 Å². The number of Topliss-reactive ketones (excluding diaryl/α,β-unsaturated/α-hetero) is 3. The summed E-state index contributed by atoms with van der Waals surface area (Å²) in [5.41, 5.74) is 0.922. The van der Waals surface area contributed by atoms with E-state index in [2.05, 4.69) is 0 Å². The summed E-state index contributed by atoms with van der Waals surface area (Å²) in [6.45, 7) is 1.30. The molecule has 4 aromatic carbocycles. The van der Waals surface area contributed by atoms with Crippen molar-refractivity contribution in [1.82, 2.24) is 0 Å². The number of nitrogens with zero attached hydrogens (tertiary/aromatic N) is 1. The van der Waals surface area contributed by atoms with Crippen LogP contribution in [-0.2, 0) is 4.79 Å². The molecule has 0 aromatic heterocycles. The Hall–Kier alpha value is -5.50. The molecule has 1 aliphatic carbocycles. The van der Waals surface area contributed by atoms with E-state index in [1.54, 1.807) is 78.9 Å². The zero-order valence-electron chi connectivity index (χ0n) is 24.9. The molecule has 1 spiro atoms. The van der Waals surface area contributed by atoms with Gasteiger partial charge in [-0.05, 0) is 12.1 Å². The van der Waals surface area contributed by atoms with Crippen LogP contribution in [0, 0.1) is 5.41 Å². The number of hydrogen-bond donors (Lipinski definition) is 0. The van der Waals surface area contributed by atoms with E-state index in [1.165, 1.54) is 21.1 Å². The topological polar surface area (TPSA) is 99.2 Å². The Kier molecular flexibility index (Phi) is 6.66. The third kappa shape index (κ3) is 3.98. The van der Waals surface area contributed by atoms with Crippen molar-refractivity contribution in [3.63, 3.8) is 0 Å². The Bertz CT molecular complexity index is 1890. The van der Waals surface area contributed by atoms with Crippen molar-refractivity contribution in [1.29, 1.82) is 0 Å². The largest absolute Gasteiger partial charge is 0.497 e. The summed E-state index contributed by atoms with van der Waals surface area (Å²) >= 11 is 0. The highest BCUT2D eigenvalue weighted by Gasteiger charge is 2.72. The van der Waals surface area contributed by atoms with E-state index in [0.717, 1.165) is 0 Å². The number of anilines is 1. The van der Waals surface area contributed by atoms with Gasteiger partial charge in [0, 0.05) is 46.7 Å². The standard InChI is InChI=1S/C37H29NO7/c1-21(39)45-28-15-9-12-22-16-19-30-37(35(41)25-13-7-8-14-26(25)36(37)42)31(27-18-17-24(43-2)20-29(27)44-3)33(38(30)32(22)28)34(40)23-10-5-4-6-11-23/h4-20,30-31,33H,1-3H3/t30?,31-,33+/m0/s1. The average molecular weight is 600 g/mol. The molecule has 45 heavy (non-hydrogen) atoms. The SMILES string of the molecule is COc1ccc([C@H]2[C@H](C(=O)c3ccccc3)N3c4c(cccc4OC(C)=O)C=CC3C23C(=O)c2ccccc2C3=O)c(OC)c1. The maximum atomic E-state index is 14.9. The van der Waals surface area contributed by atoms with Crippen LogP contribution in [0.2, 0.25) is 0 Å². The highest BCUT2D eigenvalue weighted by atomic mass is 16.5. The van der Waals surface area contributed by atoms with E-state index in [0.29, 0.717) is 45.0 Å². The lowest BCUT2D eigenvalue weighted by atomic mass is 9.64. The minimum absolute atomic E-state index is 0.230. The van der Waals surface area contributed by atoms with Gasteiger partial charge in [-0.25, -0.2) is 0 Å². The fraction of sp³-hybridized carbons (Fsp3) is 0.189. The smallest absolute Gasteiger partial charge is 0.308 e. The third-order valence-corrected chi connectivity index (χ3v) is 9.14. The van der Waals surface area contributed by atoms with Crippen molar-refractivity contribution in [3.8, 4) is 17.2 Å². The molecule has 1 unspecified atom stereocenters. The van der Waals surface area contributed by atoms with E-state index < -0.39 is 29.4 Å². The first-order chi connectivity index (χ1) is 21.8. The van der Waals surface area contributed by atoms with Crippen molar-refractivity contribution in [2.24, 2.45) is 5.41 Å². The van der Waals surface area contributed by atoms with Gasteiger partial charge < -0.3 is 19.1 Å². The highest BCUT2D eigenvalue weighted by Crippen LogP contribution is 2.63. The predicted molar refractivity (Wildman–Crippen MR) is 167 cm³/mol. The van der Waals surface area contributed by atoms with E-state index >= 15 is 0 Å². The van der Waals surface area contributed by atoms with Gasteiger partial charge in [0.2, 0.25) is 0 Å². The van der Waals surface area contributed by atoms with Gasteiger partial charge in [0.1, 0.15) is 23.0 Å². The van der Waals surface area contributed by atoms with E-state index in [9.17, 15) is 19.2 Å². The first kappa shape index (κ1) is 28.3. The number of rotatable bonds is 6. The molecule has 0 N–H and O–H groups in total. The number of fused-ring (bicyclic) bond motifs is 5. The second-order valence-electron chi connectivity index (χ2n) is 11.3. The number of carbonyl (C=O) groups is 4. The molecule has 0 saturated carbocycles. The van der Waals surface area contributed by atoms with Gasteiger partial charge >= 0.3 is 5.97 Å². The molecular weight excluding hydrogens is 570 g/mol. The van der Waals surface area contributed by atoms with Crippen molar-refractivity contribution in [2.75, 3.05) is 19.1 Å². The first-order valence-corrected chi connectivity index (χ1v) is 14.6. The summed E-state index contributed by atoms with van der Waals surface area (Å²) < 4.78 is 17.0. The Morgan fingerprint density at radius 3 is 2.11 bits per heavy atom. The average Bonchev–Trinajstić information content (AvgIpc) is 3.49. The lowest BCUT2D eigenvalue weighted by Gasteiger charge is -2.37. The lowest BCUT2D eigenvalue weighted by Crippen LogP contribution is -2.48. The quantitative estimate of drug-likeness (QED) is 0.116. The summed E-state index contributed by atoms with van der Waals surface area (Å²) in [5, 5.41) is 0. The van der Waals surface area contributed by atoms with Gasteiger partial charge in [0.25, 0.3) is 0 Å². The van der Waals surface area contributed by atoms with Crippen LogP contribution in [0.1, 0.15) is 55.0 Å². The molecule has 0 amide bonds. The molecule has 1 fully saturated rings. The van der Waals surface area contributed by atoms with Gasteiger partial charge in [-0.3, -0.25) is 19.2 Å². The Morgan fingerprint density at radius 2 is 1.47 bits per heavy atom. The number of benzene rings is 4. The van der Waals surface area contributed by atoms with Gasteiger partial charge in [-0.2, -0.15) is 0 Å². The Balaban J connectivity index is 1.59. The number of ether oxygens (including phenoxy) is 3. The summed E-state index contributed by atoms with van der Waals surface area (Å²) in [5.74, 6) is -1.47. The molecule has 0 radical (unpaired) electrons. The minimum atomic E-state index is -1.75. The van der Waals surface area contributed by atoms with E-state index in [4.69, 9.17) is 14.2 Å². The van der Waals surface area contributed by atoms with Gasteiger partial charge in [-0.1, -0.05) is 84.9 Å². The number of hydrogen-bond acceptors (Lipinski definition) is 8. The molecule has 0 bridgehead atoms. The van der Waals surface area contributed by atoms with Crippen LogP contribution in [0.4, 0.5) is 5.69 Å². The van der Waals surface area contributed by atoms with Gasteiger partial charge in [0.05, 0.1) is 25.9 Å². The fourth-order valence-electron chi connectivity index (χ4n) is 7.41. The van der Waals surface area contributed by atoms with Crippen LogP contribution in [0.25, 0.3) is 6.08 Å². The van der Waals surface area contributed by atoms with Crippen LogP contribution in [-0.4, -0.2) is 49.6 Å². The van der Waals surface area contributed by atoms with Crippen LogP contribution < -0.4 is 19.1 Å². The fourth-order valence-corrected chi connectivity index (χ4v) is 7.41. The molecule has 4 aromatic rings. The summed E-state index contributed by atoms with van der Waals surface area (Å²) in [6.07, 6.45) is 3.65. The zero-order chi connectivity index (χ0) is 31.5. The third-order valence-electron chi connectivity index (χ3n) is 9.14. The number of carbonyl (C=O) groups excluding carboxylic acids is 4. The molecule has 224 valence electrons. The number of ketones is 3. The second kappa shape index (κ2) is 10.6. The van der Waals surface area contributed by atoms with Crippen LogP contribution in [0.5, 0.6) is 17.2 Å². The molecule has 8 nitrogen and oxygen atoms in total. The molecular formula is C37H29NO7. The van der Waals surface area contributed by atoms with Crippen LogP contribution in [0.15, 0.2) is 97.1 Å². The molecule has 1 saturated heterocycles. The van der Waals surface area contributed by atoms with Gasteiger partial charge in [-0.15, -0.1) is 0 Å². The van der Waals surface area contributed by atoms with E-state index in [-0.39, 0.29) is 23.1 Å². The van der Waals surface area contributed by atoms with Crippen LogP contribution in [0.3, 0.4) is 0 Å². The first-order valence-electron chi connectivity index (χ1n) is 14.6. The molecule has 2 aliphatic heterocycles. The highest BCUT2D eigenvalue weighted by molar-refractivity contribution is 6.32.